The number of ether oxygens (including phenoxy) is 1. The Kier molecular flexibility index (Phi) is 4.60. The van der Waals surface area contributed by atoms with Crippen LogP contribution in [0.15, 0.2) is 24.3 Å². The maximum atomic E-state index is 11.9. The molecule has 0 amide bonds. The van der Waals surface area contributed by atoms with Crippen LogP contribution in [-0.2, 0) is 4.74 Å². The largest absolute Gasteiger partial charge is 0.384 e. The van der Waals surface area contributed by atoms with Crippen LogP contribution in [0.1, 0.15) is 6.92 Å². The molecule has 0 aromatic heterocycles. The van der Waals surface area contributed by atoms with Crippen LogP contribution >= 0.6 is 0 Å². The maximum absolute atomic E-state index is 11.9. The first-order valence-corrected chi connectivity index (χ1v) is 6.45. The summed E-state index contributed by atoms with van der Waals surface area (Å²) in [6.07, 6.45) is 4.52. The van der Waals surface area contributed by atoms with Crippen molar-refractivity contribution in [3.8, 4) is 0 Å². The first kappa shape index (κ1) is 13.4. The summed E-state index contributed by atoms with van der Waals surface area (Å²) in [7, 11) is 2.14. The van der Waals surface area contributed by atoms with Gasteiger partial charge in [0.25, 0.3) is 0 Å². The van der Waals surface area contributed by atoms with Gasteiger partial charge in [-0.25, -0.2) is 4.39 Å². The van der Waals surface area contributed by atoms with Crippen molar-refractivity contribution in [3.63, 3.8) is 0 Å². The highest BCUT2D eigenvalue weighted by Crippen LogP contribution is 2.20. The van der Waals surface area contributed by atoms with Crippen molar-refractivity contribution in [3.05, 3.63) is 24.3 Å². The topological polar surface area (TPSA) is 27.7 Å². The van der Waals surface area contributed by atoms with Gasteiger partial charge < -0.3 is 19.9 Å². The zero-order valence-electron chi connectivity index (χ0n) is 11.1. The fourth-order valence-electron chi connectivity index (χ4n) is 2.73. The third kappa shape index (κ3) is 3.23. The molecule has 4 nitrogen and oxygen atoms in total. The zero-order valence-corrected chi connectivity index (χ0v) is 11.1. The quantitative estimate of drug-likeness (QED) is 0.809. The monoisotopic (exact) mass is 255 g/mol. The van der Waals surface area contributed by atoms with Gasteiger partial charge >= 0.3 is 0 Å². The predicted molar refractivity (Wildman–Crippen MR) is 69.7 cm³/mol. The Balaban J connectivity index is 1.92. The van der Waals surface area contributed by atoms with Gasteiger partial charge in [0, 0.05) is 38.1 Å². The van der Waals surface area contributed by atoms with E-state index in [9.17, 15) is 4.39 Å². The molecule has 2 heterocycles. The number of hydrogen-bond acceptors (Lipinski definition) is 4. The molecule has 1 N–H and O–H groups in total. The fraction of sp³-hybridized carbons (Fsp3) is 0.692. The summed E-state index contributed by atoms with van der Waals surface area (Å²) in [4.78, 5) is 4.68. The van der Waals surface area contributed by atoms with E-state index in [2.05, 4.69) is 28.2 Å². The minimum atomic E-state index is 0.286. The summed E-state index contributed by atoms with van der Waals surface area (Å²) in [6.45, 7) is 6.49. The van der Waals surface area contributed by atoms with E-state index < -0.39 is 0 Å². The lowest BCUT2D eigenvalue weighted by Gasteiger charge is -2.46. The van der Waals surface area contributed by atoms with E-state index in [1.807, 2.05) is 6.92 Å². The van der Waals surface area contributed by atoms with E-state index >= 15 is 0 Å². The Morgan fingerprint density at radius 3 is 2.56 bits per heavy atom. The standard InChI is InChI=1S/C13H22FN3O/c1-3-11(6-15-5-4-14)17-9-12-7-16(2)8-13(10-17)18-12/h3-5,12-13,15H,6-10H2,1-2H3/b5-4+,11-3+. The van der Waals surface area contributed by atoms with Crippen LogP contribution in [0.25, 0.3) is 0 Å². The minimum absolute atomic E-state index is 0.286. The van der Waals surface area contributed by atoms with E-state index in [0.29, 0.717) is 12.9 Å². The Labute approximate surface area is 108 Å². The molecule has 2 unspecified atom stereocenters. The van der Waals surface area contributed by atoms with E-state index in [1.165, 1.54) is 11.9 Å². The number of halogens is 1. The van der Waals surface area contributed by atoms with E-state index in [-0.39, 0.29) is 12.2 Å². The zero-order chi connectivity index (χ0) is 13.0. The van der Waals surface area contributed by atoms with Crippen LogP contribution in [-0.4, -0.2) is 61.8 Å². The first-order chi connectivity index (χ1) is 8.72. The van der Waals surface area contributed by atoms with Crippen molar-refractivity contribution in [1.82, 2.24) is 15.1 Å². The highest BCUT2D eigenvalue weighted by molar-refractivity contribution is 5.06. The molecule has 5 heteroatoms. The molecule has 18 heavy (non-hydrogen) atoms. The molecule has 2 bridgehead atoms. The fourth-order valence-corrected chi connectivity index (χ4v) is 2.73. The summed E-state index contributed by atoms with van der Waals surface area (Å²) in [5.74, 6) is 0. The molecule has 0 spiro atoms. The van der Waals surface area contributed by atoms with Gasteiger partial charge in [0.2, 0.25) is 0 Å². The predicted octanol–water partition coefficient (Wildman–Crippen LogP) is 0.935. The Morgan fingerprint density at radius 2 is 2.00 bits per heavy atom. The summed E-state index contributed by atoms with van der Waals surface area (Å²) in [5, 5.41) is 2.94. The number of allylic oxidation sites excluding steroid dienone is 1. The van der Waals surface area contributed by atoms with Gasteiger partial charge in [-0.2, -0.15) is 0 Å². The van der Waals surface area contributed by atoms with Crippen LogP contribution in [0, 0.1) is 0 Å². The number of nitrogens with zero attached hydrogens (tertiary/aromatic N) is 2. The molecule has 0 aliphatic carbocycles. The Morgan fingerprint density at radius 1 is 1.33 bits per heavy atom. The van der Waals surface area contributed by atoms with E-state index in [0.717, 1.165) is 26.2 Å². The van der Waals surface area contributed by atoms with Gasteiger partial charge in [-0.05, 0) is 14.0 Å². The van der Waals surface area contributed by atoms with Crippen LogP contribution in [0.5, 0.6) is 0 Å². The van der Waals surface area contributed by atoms with Gasteiger partial charge in [-0.15, -0.1) is 0 Å². The summed E-state index contributed by atoms with van der Waals surface area (Å²) < 4.78 is 17.9. The molecule has 2 atom stereocenters. The molecule has 0 aromatic carbocycles. The van der Waals surface area contributed by atoms with Crippen LogP contribution in [0.2, 0.25) is 0 Å². The molecule has 102 valence electrons. The van der Waals surface area contributed by atoms with Crippen molar-refractivity contribution >= 4 is 0 Å². The van der Waals surface area contributed by atoms with Gasteiger partial charge in [0.1, 0.15) is 6.33 Å². The number of rotatable bonds is 4. The number of hydrogen-bond donors (Lipinski definition) is 1. The third-order valence-electron chi connectivity index (χ3n) is 3.47. The molecule has 2 aliphatic rings. The summed E-state index contributed by atoms with van der Waals surface area (Å²) in [5.41, 5.74) is 1.20. The van der Waals surface area contributed by atoms with Gasteiger partial charge in [0.05, 0.1) is 18.8 Å². The molecular weight excluding hydrogens is 233 g/mol. The van der Waals surface area contributed by atoms with Crippen LogP contribution < -0.4 is 5.32 Å². The molecular formula is C13H22FN3O. The highest BCUT2D eigenvalue weighted by Gasteiger charge is 2.33. The number of fused-ring (bicyclic) bond motifs is 2. The second-order valence-electron chi connectivity index (χ2n) is 4.96. The Bertz CT molecular complexity index is 314. The lowest BCUT2D eigenvalue weighted by atomic mass is 10.1. The molecule has 0 radical (unpaired) electrons. The molecule has 2 aliphatic heterocycles. The number of likely N-dealkylation sites (N-methyl/N-ethyl adjacent to an activating group) is 1. The smallest absolute Gasteiger partial charge is 0.102 e. The summed E-state index contributed by atoms with van der Waals surface area (Å²) in [6, 6.07) is 0. The molecule has 0 saturated carbocycles. The molecule has 2 saturated heterocycles. The van der Waals surface area contributed by atoms with Gasteiger partial charge in [-0.1, -0.05) is 6.08 Å². The molecule has 2 fully saturated rings. The second kappa shape index (κ2) is 6.20. The van der Waals surface area contributed by atoms with Gasteiger partial charge in [-0.3, -0.25) is 0 Å². The number of nitrogens with one attached hydrogen (secondary N) is 1. The van der Waals surface area contributed by atoms with Crippen molar-refractivity contribution < 1.29 is 9.13 Å². The second-order valence-corrected chi connectivity index (χ2v) is 4.96. The lowest BCUT2D eigenvalue weighted by Crippen LogP contribution is -2.58. The van der Waals surface area contributed by atoms with Crippen molar-refractivity contribution in [1.29, 1.82) is 0 Å². The number of morpholine rings is 2. The highest BCUT2D eigenvalue weighted by atomic mass is 19.1. The van der Waals surface area contributed by atoms with E-state index in [1.54, 1.807) is 0 Å². The van der Waals surface area contributed by atoms with E-state index in [4.69, 9.17) is 4.74 Å². The SMILES string of the molecule is C/C=C(\CN/C=C/F)N1CC2CN(C)CC(C1)O2. The first-order valence-electron chi connectivity index (χ1n) is 6.45. The van der Waals surface area contributed by atoms with Crippen LogP contribution in [0.3, 0.4) is 0 Å². The Hall–Kier alpha value is -1.07. The molecule has 2 rings (SSSR count). The maximum Gasteiger partial charge on any atom is 0.102 e. The average Bonchev–Trinajstić information content (AvgIpc) is 2.33. The summed E-state index contributed by atoms with van der Waals surface area (Å²) >= 11 is 0. The van der Waals surface area contributed by atoms with Gasteiger partial charge in [0.15, 0.2) is 0 Å². The molecule has 0 aromatic rings. The van der Waals surface area contributed by atoms with Crippen molar-refractivity contribution in [2.45, 2.75) is 19.1 Å². The normalized spacial score (nSPS) is 29.9. The van der Waals surface area contributed by atoms with Crippen LogP contribution in [0.4, 0.5) is 4.39 Å². The lowest BCUT2D eigenvalue weighted by molar-refractivity contribution is -0.126. The average molecular weight is 255 g/mol. The third-order valence-corrected chi connectivity index (χ3v) is 3.47. The van der Waals surface area contributed by atoms with Crippen molar-refractivity contribution in [2.24, 2.45) is 0 Å². The minimum Gasteiger partial charge on any atom is -0.384 e. The van der Waals surface area contributed by atoms with Crippen molar-refractivity contribution in [2.75, 3.05) is 39.8 Å².